The van der Waals surface area contributed by atoms with E-state index in [1.54, 1.807) is 30.5 Å². The largest absolute Gasteiger partial charge is 0.494 e. The number of aromatic nitrogens is 3. The summed E-state index contributed by atoms with van der Waals surface area (Å²) < 4.78 is 10.9. The highest BCUT2D eigenvalue weighted by atomic mass is 32.2. The van der Waals surface area contributed by atoms with Crippen molar-refractivity contribution in [3.05, 3.63) is 48.7 Å². The number of carbonyl (C=O) groups excluding carboxylic acids is 1. The van der Waals surface area contributed by atoms with Crippen LogP contribution < -0.4 is 10.1 Å². The number of thioether (sulfide) groups is 1. The molecule has 3 aromatic rings. The maximum absolute atomic E-state index is 12.0. The Labute approximate surface area is 148 Å². The van der Waals surface area contributed by atoms with Crippen LogP contribution in [-0.4, -0.2) is 33.4 Å². The summed E-state index contributed by atoms with van der Waals surface area (Å²) in [5, 5.41) is 11.0. The number of nitrogens with one attached hydrogen (secondary N) is 1. The number of benzene rings is 1. The lowest BCUT2D eigenvalue weighted by atomic mass is 10.3. The summed E-state index contributed by atoms with van der Waals surface area (Å²) >= 11 is 1.17. The molecule has 8 heteroatoms. The number of pyridine rings is 1. The normalized spacial score (nSPS) is 10.4. The van der Waals surface area contributed by atoms with E-state index < -0.39 is 0 Å². The molecular weight excluding hydrogens is 340 g/mol. The van der Waals surface area contributed by atoms with Gasteiger partial charge in [-0.1, -0.05) is 17.8 Å². The number of carbonyl (C=O) groups is 1. The summed E-state index contributed by atoms with van der Waals surface area (Å²) in [5.41, 5.74) is 1.30. The highest BCUT2D eigenvalue weighted by molar-refractivity contribution is 7.99. The predicted octanol–water partition coefficient (Wildman–Crippen LogP) is 3.26. The van der Waals surface area contributed by atoms with Crippen LogP contribution in [0, 0.1) is 0 Å². The Balaban J connectivity index is 1.51. The fraction of sp³-hybridized carbons (Fsp3) is 0.176. The van der Waals surface area contributed by atoms with Gasteiger partial charge in [0.1, 0.15) is 11.4 Å². The number of rotatable bonds is 7. The van der Waals surface area contributed by atoms with Crippen LogP contribution in [-0.2, 0) is 4.79 Å². The first kappa shape index (κ1) is 17.0. The summed E-state index contributed by atoms with van der Waals surface area (Å²) in [7, 11) is 0. The molecule has 0 bridgehead atoms. The molecule has 25 heavy (non-hydrogen) atoms. The zero-order valence-electron chi connectivity index (χ0n) is 13.5. The Morgan fingerprint density at radius 3 is 2.76 bits per heavy atom. The van der Waals surface area contributed by atoms with Crippen molar-refractivity contribution in [2.45, 2.75) is 12.1 Å². The fourth-order valence-corrected chi connectivity index (χ4v) is 2.55. The Kier molecular flexibility index (Phi) is 5.63. The standard InChI is InChI=1S/C17H16N4O3S/c1-2-23-13-8-6-12(7-9-13)19-15(22)11-25-17-21-20-16(24-17)14-5-3-4-10-18-14/h3-10H,2,11H2,1H3,(H,19,22). The second-order valence-corrected chi connectivity index (χ2v) is 5.81. The van der Waals surface area contributed by atoms with E-state index in [9.17, 15) is 4.79 Å². The monoisotopic (exact) mass is 356 g/mol. The quantitative estimate of drug-likeness (QED) is 0.650. The molecule has 1 N–H and O–H groups in total. The van der Waals surface area contributed by atoms with Crippen LogP contribution in [0.25, 0.3) is 11.6 Å². The topological polar surface area (TPSA) is 90.1 Å². The molecule has 0 unspecified atom stereocenters. The molecule has 0 saturated carbocycles. The third-order valence-corrected chi connectivity index (χ3v) is 3.88. The van der Waals surface area contributed by atoms with Crippen molar-refractivity contribution in [3.63, 3.8) is 0 Å². The van der Waals surface area contributed by atoms with Crippen molar-refractivity contribution in [2.24, 2.45) is 0 Å². The Morgan fingerprint density at radius 1 is 1.20 bits per heavy atom. The predicted molar refractivity (Wildman–Crippen MR) is 94.5 cm³/mol. The minimum atomic E-state index is -0.160. The molecule has 0 radical (unpaired) electrons. The molecule has 0 fully saturated rings. The summed E-state index contributed by atoms with van der Waals surface area (Å²) in [4.78, 5) is 16.1. The zero-order chi connectivity index (χ0) is 17.5. The van der Waals surface area contributed by atoms with Gasteiger partial charge in [-0.15, -0.1) is 10.2 Å². The molecular formula is C17H16N4O3S. The maximum Gasteiger partial charge on any atom is 0.277 e. The van der Waals surface area contributed by atoms with E-state index >= 15 is 0 Å². The van der Waals surface area contributed by atoms with Crippen LogP contribution in [0.3, 0.4) is 0 Å². The smallest absolute Gasteiger partial charge is 0.277 e. The third kappa shape index (κ3) is 4.80. The summed E-state index contributed by atoms with van der Waals surface area (Å²) in [5.74, 6) is 1.10. The number of nitrogens with zero attached hydrogens (tertiary/aromatic N) is 3. The van der Waals surface area contributed by atoms with E-state index in [2.05, 4.69) is 20.5 Å². The lowest BCUT2D eigenvalue weighted by Gasteiger charge is -2.06. The number of hydrogen-bond donors (Lipinski definition) is 1. The summed E-state index contributed by atoms with van der Waals surface area (Å²) in [6.45, 7) is 2.52. The highest BCUT2D eigenvalue weighted by Gasteiger charge is 2.12. The van der Waals surface area contributed by atoms with Crippen LogP contribution in [0.15, 0.2) is 58.3 Å². The Hall–Kier alpha value is -2.87. The minimum Gasteiger partial charge on any atom is -0.494 e. The van der Waals surface area contributed by atoms with Gasteiger partial charge in [-0.2, -0.15) is 0 Å². The molecule has 0 aliphatic rings. The number of hydrogen-bond acceptors (Lipinski definition) is 7. The van der Waals surface area contributed by atoms with E-state index in [1.807, 2.05) is 25.1 Å². The van der Waals surface area contributed by atoms with Crippen molar-refractivity contribution in [1.82, 2.24) is 15.2 Å². The summed E-state index contributed by atoms with van der Waals surface area (Å²) in [6, 6.07) is 12.6. The van der Waals surface area contributed by atoms with E-state index in [1.165, 1.54) is 11.8 Å². The number of anilines is 1. The molecule has 1 aromatic carbocycles. The minimum absolute atomic E-state index is 0.160. The van der Waals surface area contributed by atoms with Crippen LogP contribution >= 0.6 is 11.8 Å². The molecule has 0 spiro atoms. The summed E-state index contributed by atoms with van der Waals surface area (Å²) in [6.07, 6.45) is 1.65. The first-order chi connectivity index (χ1) is 12.2. The first-order valence-corrected chi connectivity index (χ1v) is 8.63. The van der Waals surface area contributed by atoms with Gasteiger partial charge in [0.2, 0.25) is 5.91 Å². The van der Waals surface area contributed by atoms with Gasteiger partial charge in [0.25, 0.3) is 11.1 Å². The third-order valence-electron chi connectivity index (χ3n) is 3.07. The van der Waals surface area contributed by atoms with E-state index in [-0.39, 0.29) is 11.7 Å². The molecule has 0 aliphatic carbocycles. The Bertz CT molecular complexity index is 821. The molecule has 7 nitrogen and oxygen atoms in total. The number of ether oxygens (including phenoxy) is 1. The van der Waals surface area contributed by atoms with Crippen molar-refractivity contribution in [2.75, 3.05) is 17.7 Å². The zero-order valence-corrected chi connectivity index (χ0v) is 14.3. The molecule has 1 amide bonds. The van der Waals surface area contributed by atoms with Crippen LogP contribution in [0.5, 0.6) is 5.75 Å². The molecule has 0 atom stereocenters. The maximum atomic E-state index is 12.0. The molecule has 0 aliphatic heterocycles. The highest BCUT2D eigenvalue weighted by Crippen LogP contribution is 2.22. The number of amides is 1. The van der Waals surface area contributed by atoms with Crippen LogP contribution in [0.4, 0.5) is 5.69 Å². The van der Waals surface area contributed by atoms with Gasteiger partial charge >= 0.3 is 0 Å². The average molecular weight is 356 g/mol. The van der Waals surface area contributed by atoms with E-state index in [0.29, 0.717) is 29.1 Å². The average Bonchev–Trinajstić information content (AvgIpc) is 3.12. The lowest BCUT2D eigenvalue weighted by Crippen LogP contribution is -2.13. The second-order valence-electron chi connectivity index (χ2n) is 4.88. The van der Waals surface area contributed by atoms with Gasteiger partial charge in [0, 0.05) is 11.9 Å². The van der Waals surface area contributed by atoms with Crippen molar-refractivity contribution in [3.8, 4) is 17.3 Å². The van der Waals surface area contributed by atoms with E-state index in [4.69, 9.17) is 9.15 Å². The second kappa shape index (κ2) is 8.29. The molecule has 2 heterocycles. The van der Waals surface area contributed by atoms with Gasteiger partial charge in [-0.05, 0) is 43.3 Å². The van der Waals surface area contributed by atoms with E-state index in [0.717, 1.165) is 5.75 Å². The van der Waals surface area contributed by atoms with Gasteiger partial charge < -0.3 is 14.5 Å². The molecule has 0 saturated heterocycles. The van der Waals surface area contributed by atoms with Gasteiger partial charge in [-0.25, -0.2) is 0 Å². The van der Waals surface area contributed by atoms with Gasteiger partial charge in [0.15, 0.2) is 0 Å². The SMILES string of the molecule is CCOc1ccc(NC(=O)CSc2nnc(-c3ccccn3)o2)cc1. The van der Waals surface area contributed by atoms with Gasteiger partial charge in [-0.3, -0.25) is 9.78 Å². The van der Waals surface area contributed by atoms with Crippen molar-refractivity contribution < 1.29 is 13.9 Å². The van der Waals surface area contributed by atoms with Crippen LogP contribution in [0.2, 0.25) is 0 Å². The molecule has 3 rings (SSSR count). The van der Waals surface area contributed by atoms with Crippen LogP contribution in [0.1, 0.15) is 6.92 Å². The molecule has 2 aromatic heterocycles. The Morgan fingerprint density at radius 2 is 2.04 bits per heavy atom. The van der Waals surface area contributed by atoms with Crippen molar-refractivity contribution >= 4 is 23.4 Å². The molecule has 128 valence electrons. The van der Waals surface area contributed by atoms with Crippen molar-refractivity contribution in [1.29, 1.82) is 0 Å². The first-order valence-electron chi connectivity index (χ1n) is 7.65. The lowest BCUT2D eigenvalue weighted by molar-refractivity contribution is -0.113. The van der Waals surface area contributed by atoms with Gasteiger partial charge in [0.05, 0.1) is 12.4 Å². The fourth-order valence-electron chi connectivity index (χ4n) is 1.99.